The van der Waals surface area contributed by atoms with E-state index < -0.39 is 38.3 Å². The number of anilines is 1. The molecule has 11 nitrogen and oxygen atoms in total. The summed E-state index contributed by atoms with van der Waals surface area (Å²) in [5, 5.41) is 16.7. The summed E-state index contributed by atoms with van der Waals surface area (Å²) in [5.74, 6) is 0.154. The van der Waals surface area contributed by atoms with Gasteiger partial charge >= 0.3 is 12.1 Å². The number of amides is 1. The number of rotatable bonds is 14. The van der Waals surface area contributed by atoms with E-state index in [1.807, 2.05) is 72.8 Å². The van der Waals surface area contributed by atoms with Gasteiger partial charge in [-0.15, -0.1) is 0 Å². The van der Waals surface area contributed by atoms with Gasteiger partial charge in [-0.2, -0.15) is 0 Å². The fraction of sp³-hybridized carbons (Fsp3) is 0.366. The summed E-state index contributed by atoms with van der Waals surface area (Å²) >= 11 is 0. The van der Waals surface area contributed by atoms with Crippen LogP contribution < -0.4 is 20.1 Å². The van der Waals surface area contributed by atoms with Crippen LogP contribution in [-0.2, 0) is 32.3 Å². The van der Waals surface area contributed by atoms with Crippen LogP contribution in [0.25, 0.3) is 11.1 Å². The van der Waals surface area contributed by atoms with Gasteiger partial charge in [0.05, 0.1) is 24.7 Å². The van der Waals surface area contributed by atoms with E-state index in [4.69, 9.17) is 14.2 Å². The van der Waals surface area contributed by atoms with Crippen molar-refractivity contribution in [3.8, 4) is 22.6 Å². The van der Waals surface area contributed by atoms with Crippen LogP contribution in [0.15, 0.2) is 102 Å². The Kier molecular flexibility index (Phi) is 12.4. The van der Waals surface area contributed by atoms with E-state index in [1.54, 1.807) is 59.3 Å². The normalized spacial score (nSPS) is 16.7. The Morgan fingerprint density at radius 1 is 0.868 bits per heavy atom. The van der Waals surface area contributed by atoms with Crippen LogP contribution in [0, 0.1) is 0 Å². The first-order valence-electron chi connectivity index (χ1n) is 17.6. The molecule has 0 aliphatic carbocycles. The number of hydrogen-bond donors (Lipinski definition) is 3. The Balaban J connectivity index is 1.39. The highest BCUT2D eigenvalue weighted by atomic mass is 32.2. The molecule has 0 bridgehead atoms. The second-order valence-corrected chi connectivity index (χ2v) is 16.6. The third-order valence-corrected chi connectivity index (χ3v) is 11.9. The molecule has 2 atom stereocenters. The molecule has 1 amide bonds. The third-order valence-electron chi connectivity index (χ3n) is 9.34. The van der Waals surface area contributed by atoms with Crippen LogP contribution in [0.3, 0.4) is 0 Å². The second kappa shape index (κ2) is 16.7. The zero-order valence-electron chi connectivity index (χ0n) is 30.9. The lowest BCUT2D eigenvalue weighted by molar-refractivity contribution is -0.139. The lowest BCUT2D eigenvalue weighted by Crippen LogP contribution is -2.61. The monoisotopic (exact) mass is 743 g/mol. The molecule has 4 aromatic rings. The minimum absolute atomic E-state index is 0.0878. The number of nitrogens with one attached hydrogen (secondary N) is 2. The Bertz CT molecular complexity index is 1940. The number of ether oxygens (including phenoxy) is 3. The van der Waals surface area contributed by atoms with Crippen molar-refractivity contribution in [2.75, 3.05) is 39.2 Å². The van der Waals surface area contributed by atoms with Gasteiger partial charge in [-0.05, 0) is 93.1 Å². The number of sulfone groups is 1. The molecule has 1 aliphatic heterocycles. The standard InChI is InChI=1S/C41H49N3O8S/c1-40(2,3)52-39(47)44-24-10-23-41(28-44,53(48,49)33-21-19-32(20-22-33)42-26-30-11-7-6-8-12-30)27-43-34(38(45)46)25-29-15-17-31(18-16-29)37-35(50-4)13-9-14-36(37)51-5/h6-9,11-22,34,42-43H,10,23-28H2,1-5H3,(H,45,46)/t34-,41?/m0/s1. The molecular formula is C41H49N3O8S. The summed E-state index contributed by atoms with van der Waals surface area (Å²) in [6, 6.07) is 28.2. The molecule has 4 aromatic carbocycles. The van der Waals surface area contributed by atoms with E-state index in [9.17, 15) is 23.1 Å². The van der Waals surface area contributed by atoms with Crippen molar-refractivity contribution >= 4 is 27.6 Å². The summed E-state index contributed by atoms with van der Waals surface area (Å²) in [6.45, 7) is 5.79. The van der Waals surface area contributed by atoms with Crippen molar-refractivity contribution in [3.05, 3.63) is 108 Å². The molecule has 1 fully saturated rings. The quantitative estimate of drug-likeness (QED) is 0.126. The summed E-state index contributed by atoms with van der Waals surface area (Å²) in [5.41, 5.74) is 3.39. The summed E-state index contributed by atoms with van der Waals surface area (Å²) < 4.78 is 44.5. The molecule has 282 valence electrons. The van der Waals surface area contributed by atoms with Gasteiger partial charge in [0.25, 0.3) is 0 Å². The number of nitrogens with zero attached hydrogens (tertiary/aromatic N) is 1. The smallest absolute Gasteiger partial charge is 0.410 e. The van der Waals surface area contributed by atoms with Gasteiger partial charge < -0.3 is 34.9 Å². The SMILES string of the molecule is COc1cccc(OC)c1-c1ccc(C[C@H](NCC2(S(=O)(=O)c3ccc(NCc4ccccc4)cc3)CCCN(C(=O)OC(C)(C)C)C2)C(=O)O)cc1. The Morgan fingerprint density at radius 2 is 1.51 bits per heavy atom. The molecule has 1 aliphatic rings. The van der Waals surface area contributed by atoms with Crippen LogP contribution in [0.5, 0.6) is 11.5 Å². The highest BCUT2D eigenvalue weighted by Crippen LogP contribution is 2.39. The fourth-order valence-corrected chi connectivity index (χ4v) is 8.58. The first-order valence-corrected chi connectivity index (χ1v) is 19.1. The number of aliphatic carboxylic acids is 1. The number of carbonyl (C=O) groups excluding carboxylic acids is 1. The maximum atomic E-state index is 14.7. The Labute approximate surface area is 312 Å². The van der Waals surface area contributed by atoms with Crippen LogP contribution in [0.4, 0.5) is 10.5 Å². The van der Waals surface area contributed by atoms with E-state index in [-0.39, 0.29) is 30.8 Å². The van der Waals surface area contributed by atoms with Crippen LogP contribution in [-0.4, -0.2) is 80.7 Å². The fourth-order valence-electron chi connectivity index (χ4n) is 6.58. The van der Waals surface area contributed by atoms with E-state index in [0.29, 0.717) is 31.0 Å². The summed E-state index contributed by atoms with van der Waals surface area (Å²) in [7, 11) is -0.949. The number of likely N-dealkylation sites (tertiary alicyclic amines) is 1. The first-order chi connectivity index (χ1) is 25.2. The molecule has 0 spiro atoms. The van der Waals surface area contributed by atoms with Crippen molar-refractivity contribution < 1.29 is 37.3 Å². The maximum Gasteiger partial charge on any atom is 0.410 e. The maximum absolute atomic E-state index is 14.7. The highest BCUT2D eigenvalue weighted by molar-refractivity contribution is 7.93. The van der Waals surface area contributed by atoms with Crippen LogP contribution in [0.2, 0.25) is 0 Å². The molecule has 0 radical (unpaired) electrons. The molecule has 0 aromatic heterocycles. The topological polar surface area (TPSA) is 144 Å². The number of benzene rings is 4. The molecule has 3 N–H and O–H groups in total. The number of carboxylic acids is 1. The van der Waals surface area contributed by atoms with Gasteiger partial charge in [0.2, 0.25) is 0 Å². The Morgan fingerprint density at radius 3 is 2.09 bits per heavy atom. The molecule has 1 heterocycles. The van der Waals surface area contributed by atoms with Crippen molar-refractivity contribution in [1.82, 2.24) is 10.2 Å². The van der Waals surface area contributed by atoms with Gasteiger partial charge in [-0.25, -0.2) is 13.2 Å². The Hall–Kier alpha value is -5.07. The zero-order valence-corrected chi connectivity index (χ0v) is 31.7. The number of hydrogen-bond acceptors (Lipinski definition) is 9. The van der Waals surface area contributed by atoms with Crippen LogP contribution in [0.1, 0.15) is 44.7 Å². The predicted molar refractivity (Wildman–Crippen MR) is 205 cm³/mol. The lowest BCUT2D eigenvalue weighted by atomic mass is 9.95. The molecular weight excluding hydrogens is 695 g/mol. The van der Waals surface area contributed by atoms with Gasteiger partial charge in [-0.3, -0.25) is 4.79 Å². The average Bonchev–Trinajstić information content (AvgIpc) is 3.15. The summed E-state index contributed by atoms with van der Waals surface area (Å²) in [4.78, 5) is 27.4. The second-order valence-electron chi connectivity index (χ2n) is 14.3. The average molecular weight is 744 g/mol. The lowest BCUT2D eigenvalue weighted by Gasteiger charge is -2.43. The molecule has 53 heavy (non-hydrogen) atoms. The van der Waals surface area contributed by atoms with Gasteiger partial charge in [0, 0.05) is 31.9 Å². The third kappa shape index (κ3) is 9.49. The zero-order chi connectivity index (χ0) is 38.2. The number of carboxylic acid groups (broad SMARTS) is 1. The number of piperidine rings is 1. The van der Waals surface area contributed by atoms with Gasteiger partial charge in [0.15, 0.2) is 9.84 Å². The number of methoxy groups -OCH3 is 2. The van der Waals surface area contributed by atoms with E-state index >= 15 is 0 Å². The largest absolute Gasteiger partial charge is 0.496 e. The van der Waals surface area contributed by atoms with Crippen molar-refractivity contribution in [2.24, 2.45) is 0 Å². The predicted octanol–water partition coefficient (Wildman–Crippen LogP) is 6.81. The van der Waals surface area contributed by atoms with Crippen LogP contribution >= 0.6 is 0 Å². The summed E-state index contributed by atoms with van der Waals surface area (Å²) in [6.07, 6.45) is 0.0884. The van der Waals surface area contributed by atoms with Crippen molar-refractivity contribution in [2.45, 2.75) is 67.9 Å². The number of carbonyl (C=O) groups is 2. The minimum Gasteiger partial charge on any atom is -0.496 e. The van der Waals surface area contributed by atoms with E-state index in [0.717, 1.165) is 27.9 Å². The van der Waals surface area contributed by atoms with E-state index in [2.05, 4.69) is 10.6 Å². The van der Waals surface area contributed by atoms with E-state index in [1.165, 1.54) is 4.90 Å². The molecule has 12 heteroatoms. The van der Waals surface area contributed by atoms with Gasteiger partial charge in [-0.1, -0.05) is 60.7 Å². The molecule has 1 unspecified atom stereocenters. The van der Waals surface area contributed by atoms with Crippen molar-refractivity contribution in [3.63, 3.8) is 0 Å². The van der Waals surface area contributed by atoms with Gasteiger partial charge in [0.1, 0.15) is 27.9 Å². The highest BCUT2D eigenvalue weighted by Gasteiger charge is 2.49. The molecule has 0 saturated carbocycles. The van der Waals surface area contributed by atoms with Crippen molar-refractivity contribution in [1.29, 1.82) is 0 Å². The molecule has 5 rings (SSSR count). The first kappa shape index (κ1) is 39.1. The minimum atomic E-state index is -4.12. The molecule has 1 saturated heterocycles.